The summed E-state index contributed by atoms with van der Waals surface area (Å²) in [5, 5.41) is 13.4. The maximum absolute atomic E-state index is 11.6. The van der Waals surface area contributed by atoms with E-state index in [1.807, 2.05) is 0 Å². The summed E-state index contributed by atoms with van der Waals surface area (Å²) in [4.78, 5) is 11.2. The number of carboxylic acid groups (broad SMARTS) is 1. The lowest BCUT2D eigenvalue weighted by Gasteiger charge is -2.10. The molecule has 1 unspecified atom stereocenters. The fourth-order valence-electron chi connectivity index (χ4n) is 2.12. The van der Waals surface area contributed by atoms with Crippen LogP contribution in [0.2, 0.25) is 0 Å². The van der Waals surface area contributed by atoms with Crippen LogP contribution < -0.4 is 5.32 Å². The van der Waals surface area contributed by atoms with Gasteiger partial charge in [-0.15, -0.1) is 11.3 Å². The van der Waals surface area contributed by atoms with Crippen LogP contribution in [0.5, 0.6) is 0 Å². The largest absolute Gasteiger partial charge is 0.477 e. The molecule has 1 aromatic rings. The first-order valence-electron chi connectivity index (χ1n) is 5.72. The summed E-state index contributed by atoms with van der Waals surface area (Å²) in [6.07, 6.45) is 1.43. The Balaban J connectivity index is 1.89. The minimum Gasteiger partial charge on any atom is -0.477 e. The highest BCUT2D eigenvalue weighted by molar-refractivity contribution is 7.92. The third-order valence-corrected chi connectivity index (χ3v) is 6.31. The SMILES string of the molecule is O=C(O)c1sccc1CNCC1CCCS1(=O)=O. The van der Waals surface area contributed by atoms with Gasteiger partial charge in [0.05, 0.1) is 11.0 Å². The Morgan fingerprint density at radius 1 is 1.56 bits per heavy atom. The molecule has 0 bridgehead atoms. The average molecular weight is 289 g/mol. The van der Waals surface area contributed by atoms with Gasteiger partial charge in [0.1, 0.15) is 4.88 Å². The molecule has 1 aliphatic heterocycles. The van der Waals surface area contributed by atoms with Gasteiger partial charge in [-0.25, -0.2) is 13.2 Å². The molecule has 0 amide bonds. The van der Waals surface area contributed by atoms with E-state index in [0.29, 0.717) is 30.0 Å². The molecule has 0 saturated carbocycles. The molecule has 7 heteroatoms. The first kappa shape index (κ1) is 13.5. The predicted molar refractivity (Wildman–Crippen MR) is 69.8 cm³/mol. The van der Waals surface area contributed by atoms with E-state index in [-0.39, 0.29) is 11.0 Å². The predicted octanol–water partition coefficient (Wildman–Crippen LogP) is 1.11. The Labute approximate surface area is 110 Å². The van der Waals surface area contributed by atoms with E-state index in [0.717, 1.165) is 6.42 Å². The van der Waals surface area contributed by atoms with Gasteiger partial charge >= 0.3 is 5.97 Å². The molecule has 1 saturated heterocycles. The van der Waals surface area contributed by atoms with E-state index in [4.69, 9.17) is 5.11 Å². The number of aromatic carboxylic acids is 1. The van der Waals surface area contributed by atoms with Crippen LogP contribution in [0.25, 0.3) is 0 Å². The highest BCUT2D eigenvalue weighted by atomic mass is 32.2. The van der Waals surface area contributed by atoms with Crippen molar-refractivity contribution < 1.29 is 18.3 Å². The quantitative estimate of drug-likeness (QED) is 0.848. The summed E-state index contributed by atoms with van der Waals surface area (Å²) < 4.78 is 23.2. The Morgan fingerprint density at radius 2 is 2.33 bits per heavy atom. The second-order valence-electron chi connectivity index (χ2n) is 4.34. The van der Waals surface area contributed by atoms with Crippen molar-refractivity contribution in [2.45, 2.75) is 24.6 Å². The zero-order valence-corrected chi connectivity index (χ0v) is 11.4. The van der Waals surface area contributed by atoms with Crippen LogP contribution in [-0.4, -0.2) is 37.0 Å². The number of sulfone groups is 1. The molecule has 2 rings (SSSR count). The Kier molecular flexibility index (Phi) is 4.04. The van der Waals surface area contributed by atoms with Crippen LogP contribution in [0.15, 0.2) is 11.4 Å². The molecule has 0 radical (unpaired) electrons. The number of carbonyl (C=O) groups is 1. The van der Waals surface area contributed by atoms with Gasteiger partial charge in [0.25, 0.3) is 0 Å². The molecular formula is C11H15NO4S2. The maximum Gasteiger partial charge on any atom is 0.346 e. The molecule has 2 heterocycles. The minimum absolute atomic E-state index is 0.276. The number of hydrogen-bond acceptors (Lipinski definition) is 5. The fourth-order valence-corrected chi connectivity index (χ4v) is 4.68. The Bertz CT molecular complexity index is 535. The summed E-state index contributed by atoms with van der Waals surface area (Å²) in [5.74, 6) is -0.659. The molecule has 0 spiro atoms. The summed E-state index contributed by atoms with van der Waals surface area (Å²) in [7, 11) is -2.93. The molecule has 1 aliphatic rings. The fraction of sp³-hybridized carbons (Fsp3) is 0.545. The minimum atomic E-state index is -2.93. The van der Waals surface area contributed by atoms with Gasteiger partial charge in [-0.3, -0.25) is 0 Å². The van der Waals surface area contributed by atoms with Gasteiger partial charge in [0.2, 0.25) is 0 Å². The summed E-state index contributed by atoms with van der Waals surface area (Å²) in [5.41, 5.74) is 0.711. The molecule has 2 N–H and O–H groups in total. The highest BCUT2D eigenvalue weighted by Crippen LogP contribution is 2.20. The van der Waals surface area contributed by atoms with Gasteiger partial charge in [0, 0.05) is 13.1 Å². The molecule has 18 heavy (non-hydrogen) atoms. The number of thiophene rings is 1. The van der Waals surface area contributed by atoms with Crippen LogP contribution in [0.4, 0.5) is 0 Å². The zero-order chi connectivity index (χ0) is 13.2. The first-order chi connectivity index (χ1) is 8.50. The third-order valence-electron chi connectivity index (χ3n) is 3.09. The van der Waals surface area contributed by atoms with Crippen molar-refractivity contribution in [3.8, 4) is 0 Å². The van der Waals surface area contributed by atoms with Gasteiger partial charge < -0.3 is 10.4 Å². The van der Waals surface area contributed by atoms with E-state index >= 15 is 0 Å². The summed E-state index contributed by atoms with van der Waals surface area (Å²) in [6.45, 7) is 0.800. The number of nitrogens with one attached hydrogen (secondary N) is 1. The van der Waals surface area contributed by atoms with Gasteiger partial charge in [0.15, 0.2) is 9.84 Å². The van der Waals surface area contributed by atoms with Crippen molar-refractivity contribution >= 4 is 27.1 Å². The van der Waals surface area contributed by atoms with Crippen LogP contribution >= 0.6 is 11.3 Å². The van der Waals surface area contributed by atoms with Crippen molar-refractivity contribution in [3.05, 3.63) is 21.9 Å². The number of rotatable bonds is 5. The van der Waals surface area contributed by atoms with Crippen LogP contribution in [0.1, 0.15) is 28.1 Å². The van der Waals surface area contributed by atoms with Crippen LogP contribution in [0, 0.1) is 0 Å². The molecule has 1 atom stereocenters. The van der Waals surface area contributed by atoms with E-state index in [1.165, 1.54) is 11.3 Å². The van der Waals surface area contributed by atoms with Crippen LogP contribution in [0.3, 0.4) is 0 Å². The summed E-state index contributed by atoms with van der Waals surface area (Å²) >= 11 is 1.18. The number of carboxylic acids is 1. The standard InChI is InChI=1S/C11H15NO4S2/c13-11(14)10-8(3-4-17-10)6-12-7-9-2-1-5-18(9,15)16/h3-4,9,12H,1-2,5-7H2,(H,13,14). The van der Waals surface area contributed by atoms with Gasteiger partial charge in [-0.1, -0.05) is 0 Å². The lowest BCUT2D eigenvalue weighted by molar-refractivity contribution is 0.0701. The maximum atomic E-state index is 11.6. The lowest BCUT2D eigenvalue weighted by Crippen LogP contribution is -2.30. The van der Waals surface area contributed by atoms with Crippen molar-refractivity contribution in [2.75, 3.05) is 12.3 Å². The monoisotopic (exact) mass is 289 g/mol. The molecule has 5 nitrogen and oxygen atoms in total. The molecular weight excluding hydrogens is 274 g/mol. The van der Waals surface area contributed by atoms with E-state index in [2.05, 4.69) is 5.32 Å². The topological polar surface area (TPSA) is 83.5 Å². The Morgan fingerprint density at radius 3 is 2.94 bits per heavy atom. The van der Waals surface area contributed by atoms with E-state index < -0.39 is 15.8 Å². The van der Waals surface area contributed by atoms with Crippen molar-refractivity contribution in [1.82, 2.24) is 5.32 Å². The second kappa shape index (κ2) is 5.38. The van der Waals surface area contributed by atoms with Crippen molar-refractivity contribution in [2.24, 2.45) is 0 Å². The number of hydrogen-bond donors (Lipinski definition) is 2. The molecule has 1 fully saturated rings. The molecule has 100 valence electrons. The third kappa shape index (κ3) is 2.90. The van der Waals surface area contributed by atoms with Crippen molar-refractivity contribution in [1.29, 1.82) is 0 Å². The zero-order valence-electron chi connectivity index (χ0n) is 9.76. The smallest absolute Gasteiger partial charge is 0.346 e. The second-order valence-corrected chi connectivity index (χ2v) is 7.66. The normalized spacial score (nSPS) is 22.1. The highest BCUT2D eigenvalue weighted by Gasteiger charge is 2.30. The molecule has 0 aliphatic carbocycles. The summed E-state index contributed by atoms with van der Waals surface area (Å²) in [6, 6.07) is 1.75. The van der Waals surface area contributed by atoms with Gasteiger partial charge in [-0.2, -0.15) is 0 Å². The van der Waals surface area contributed by atoms with E-state index in [9.17, 15) is 13.2 Å². The molecule has 1 aromatic heterocycles. The van der Waals surface area contributed by atoms with Crippen molar-refractivity contribution in [3.63, 3.8) is 0 Å². The molecule has 0 aromatic carbocycles. The average Bonchev–Trinajstić information content (AvgIpc) is 2.86. The lowest BCUT2D eigenvalue weighted by atomic mass is 10.2. The Hall–Kier alpha value is -0.920. The van der Waals surface area contributed by atoms with Crippen LogP contribution in [-0.2, 0) is 16.4 Å². The first-order valence-corrected chi connectivity index (χ1v) is 8.32. The van der Waals surface area contributed by atoms with Gasteiger partial charge in [-0.05, 0) is 29.9 Å². The van der Waals surface area contributed by atoms with E-state index in [1.54, 1.807) is 11.4 Å².